The maximum atomic E-state index is 12.9. The van der Waals surface area contributed by atoms with Crippen molar-refractivity contribution < 1.29 is 9.18 Å². The van der Waals surface area contributed by atoms with Crippen LogP contribution in [-0.4, -0.2) is 19.0 Å². The Kier molecular flexibility index (Phi) is 3.43. The fourth-order valence-electron chi connectivity index (χ4n) is 2.05. The van der Waals surface area contributed by atoms with E-state index in [0.717, 1.165) is 18.5 Å². The quantitative estimate of drug-likeness (QED) is 0.834. The minimum atomic E-state index is -0.326. The number of hydrogen-bond acceptors (Lipinski definition) is 2. The van der Waals surface area contributed by atoms with E-state index in [-0.39, 0.29) is 17.1 Å². The van der Waals surface area contributed by atoms with Crippen LogP contribution in [0.2, 0.25) is 0 Å². The molecule has 1 fully saturated rings. The van der Waals surface area contributed by atoms with Crippen LogP contribution in [0.4, 0.5) is 4.39 Å². The lowest BCUT2D eigenvalue weighted by Crippen LogP contribution is -2.40. The van der Waals surface area contributed by atoms with Crippen LogP contribution in [-0.2, 0) is 11.3 Å². The normalized spacial score (nSPS) is 23.6. The molecule has 1 aliphatic heterocycles. The van der Waals surface area contributed by atoms with Crippen LogP contribution in [0.25, 0.3) is 0 Å². The zero-order valence-corrected chi connectivity index (χ0v) is 9.92. The van der Waals surface area contributed by atoms with Gasteiger partial charge in [0.25, 0.3) is 0 Å². The van der Waals surface area contributed by atoms with Crippen molar-refractivity contribution in [2.24, 2.45) is 5.41 Å². The molecule has 0 radical (unpaired) electrons. The summed E-state index contributed by atoms with van der Waals surface area (Å²) >= 11 is 0. The van der Waals surface area contributed by atoms with Gasteiger partial charge in [0.1, 0.15) is 5.82 Å². The van der Waals surface area contributed by atoms with Gasteiger partial charge in [0, 0.05) is 13.1 Å². The van der Waals surface area contributed by atoms with Gasteiger partial charge < -0.3 is 10.6 Å². The van der Waals surface area contributed by atoms with Crippen molar-refractivity contribution in [3.8, 4) is 0 Å². The molecule has 1 aliphatic rings. The fourth-order valence-corrected chi connectivity index (χ4v) is 2.05. The number of rotatable bonds is 3. The molecule has 0 bridgehead atoms. The van der Waals surface area contributed by atoms with E-state index >= 15 is 0 Å². The number of carbonyl (C=O) groups excluding carboxylic acids is 1. The topological polar surface area (TPSA) is 41.1 Å². The second-order valence-corrected chi connectivity index (χ2v) is 4.80. The Labute approximate surface area is 100 Å². The van der Waals surface area contributed by atoms with Gasteiger partial charge in [-0.25, -0.2) is 4.39 Å². The molecule has 3 nitrogen and oxygen atoms in total. The molecule has 2 N–H and O–H groups in total. The van der Waals surface area contributed by atoms with Crippen LogP contribution in [0.5, 0.6) is 0 Å². The van der Waals surface area contributed by atoms with Gasteiger partial charge in [-0.2, -0.15) is 0 Å². The summed E-state index contributed by atoms with van der Waals surface area (Å²) in [4.78, 5) is 12.0. The van der Waals surface area contributed by atoms with Gasteiger partial charge in [0.05, 0.1) is 5.41 Å². The molecule has 1 unspecified atom stereocenters. The summed E-state index contributed by atoms with van der Waals surface area (Å²) in [5.74, 6) is -0.239. The Bertz CT molecular complexity index is 414. The van der Waals surface area contributed by atoms with Crippen molar-refractivity contribution in [2.75, 3.05) is 13.1 Å². The van der Waals surface area contributed by atoms with Crippen molar-refractivity contribution in [2.45, 2.75) is 19.9 Å². The molecular weight excluding hydrogens is 219 g/mol. The van der Waals surface area contributed by atoms with E-state index in [0.29, 0.717) is 13.1 Å². The first-order valence-corrected chi connectivity index (χ1v) is 5.84. The number of amides is 1. The highest BCUT2D eigenvalue weighted by Crippen LogP contribution is 2.24. The van der Waals surface area contributed by atoms with Crippen molar-refractivity contribution in [3.05, 3.63) is 35.6 Å². The predicted octanol–water partition coefficient (Wildman–Crippen LogP) is 1.44. The lowest BCUT2D eigenvalue weighted by atomic mass is 9.89. The Morgan fingerprint density at radius 3 is 3.06 bits per heavy atom. The summed E-state index contributed by atoms with van der Waals surface area (Å²) in [5, 5.41) is 6.04. The predicted molar refractivity (Wildman–Crippen MR) is 63.8 cm³/mol. The summed E-state index contributed by atoms with van der Waals surface area (Å²) < 4.78 is 12.9. The number of halogens is 1. The van der Waals surface area contributed by atoms with Crippen molar-refractivity contribution >= 4 is 5.91 Å². The van der Waals surface area contributed by atoms with Gasteiger partial charge in [0.15, 0.2) is 0 Å². The molecule has 0 saturated carbocycles. The molecule has 1 aromatic rings. The zero-order chi connectivity index (χ0) is 12.3. The van der Waals surface area contributed by atoms with E-state index in [4.69, 9.17) is 0 Å². The highest BCUT2D eigenvalue weighted by atomic mass is 19.1. The summed E-state index contributed by atoms with van der Waals surface area (Å²) in [6.45, 7) is 3.92. The molecule has 92 valence electrons. The third-order valence-corrected chi connectivity index (χ3v) is 3.26. The first-order chi connectivity index (χ1) is 8.10. The summed E-state index contributed by atoms with van der Waals surface area (Å²) in [6.07, 6.45) is 0.849. The molecule has 0 aliphatic carbocycles. The largest absolute Gasteiger partial charge is 0.352 e. The van der Waals surface area contributed by atoms with E-state index in [1.165, 1.54) is 12.1 Å². The van der Waals surface area contributed by atoms with Gasteiger partial charge >= 0.3 is 0 Å². The van der Waals surface area contributed by atoms with Crippen LogP contribution in [0.3, 0.4) is 0 Å². The molecule has 1 amide bonds. The standard InChI is InChI=1S/C13H17FN2O/c1-13(5-6-15-9-13)12(17)16-8-10-3-2-4-11(14)7-10/h2-4,7,15H,5-6,8-9H2,1H3,(H,16,17). The van der Waals surface area contributed by atoms with E-state index < -0.39 is 0 Å². The fraction of sp³-hybridized carbons (Fsp3) is 0.462. The van der Waals surface area contributed by atoms with Crippen LogP contribution in [0.1, 0.15) is 18.9 Å². The number of hydrogen-bond donors (Lipinski definition) is 2. The van der Waals surface area contributed by atoms with Crippen LogP contribution >= 0.6 is 0 Å². The number of carbonyl (C=O) groups is 1. The molecule has 1 atom stereocenters. The van der Waals surface area contributed by atoms with Gasteiger partial charge in [-0.1, -0.05) is 12.1 Å². The molecular formula is C13H17FN2O. The minimum absolute atomic E-state index is 0.0340. The monoisotopic (exact) mass is 236 g/mol. The third kappa shape index (κ3) is 2.82. The molecule has 1 aromatic carbocycles. The number of benzene rings is 1. The first kappa shape index (κ1) is 12.0. The van der Waals surface area contributed by atoms with Crippen LogP contribution in [0, 0.1) is 11.2 Å². The van der Waals surface area contributed by atoms with E-state index in [2.05, 4.69) is 10.6 Å². The van der Waals surface area contributed by atoms with Crippen LogP contribution < -0.4 is 10.6 Å². The number of nitrogens with one attached hydrogen (secondary N) is 2. The third-order valence-electron chi connectivity index (χ3n) is 3.26. The summed E-state index contributed by atoms with van der Waals surface area (Å²) in [5.41, 5.74) is 0.459. The molecule has 0 spiro atoms. The van der Waals surface area contributed by atoms with Gasteiger partial charge in [-0.3, -0.25) is 4.79 Å². The molecule has 17 heavy (non-hydrogen) atoms. The Morgan fingerprint density at radius 2 is 2.41 bits per heavy atom. The van der Waals surface area contributed by atoms with E-state index in [1.54, 1.807) is 12.1 Å². The van der Waals surface area contributed by atoms with Crippen molar-refractivity contribution in [1.82, 2.24) is 10.6 Å². The SMILES string of the molecule is CC1(C(=O)NCc2cccc(F)c2)CCNC1. The highest BCUT2D eigenvalue weighted by Gasteiger charge is 2.35. The molecule has 1 heterocycles. The Balaban J connectivity index is 1.92. The average Bonchev–Trinajstić information content (AvgIpc) is 2.74. The van der Waals surface area contributed by atoms with Crippen molar-refractivity contribution in [1.29, 1.82) is 0 Å². The second-order valence-electron chi connectivity index (χ2n) is 4.80. The van der Waals surface area contributed by atoms with Gasteiger partial charge in [-0.05, 0) is 37.6 Å². The maximum absolute atomic E-state index is 12.9. The second kappa shape index (κ2) is 4.84. The van der Waals surface area contributed by atoms with E-state index in [9.17, 15) is 9.18 Å². The lowest BCUT2D eigenvalue weighted by Gasteiger charge is -2.21. The Hall–Kier alpha value is -1.42. The van der Waals surface area contributed by atoms with Crippen molar-refractivity contribution in [3.63, 3.8) is 0 Å². The zero-order valence-electron chi connectivity index (χ0n) is 9.92. The van der Waals surface area contributed by atoms with Crippen LogP contribution in [0.15, 0.2) is 24.3 Å². The minimum Gasteiger partial charge on any atom is -0.352 e. The summed E-state index contributed by atoms with van der Waals surface area (Å²) in [6, 6.07) is 6.29. The van der Waals surface area contributed by atoms with Gasteiger partial charge in [0.2, 0.25) is 5.91 Å². The van der Waals surface area contributed by atoms with Gasteiger partial charge in [-0.15, -0.1) is 0 Å². The first-order valence-electron chi connectivity index (χ1n) is 5.84. The Morgan fingerprint density at radius 1 is 1.59 bits per heavy atom. The van der Waals surface area contributed by atoms with E-state index in [1.807, 2.05) is 6.92 Å². The molecule has 0 aromatic heterocycles. The highest BCUT2D eigenvalue weighted by molar-refractivity contribution is 5.82. The lowest BCUT2D eigenvalue weighted by molar-refractivity contribution is -0.129. The molecule has 2 rings (SSSR count). The maximum Gasteiger partial charge on any atom is 0.227 e. The smallest absolute Gasteiger partial charge is 0.227 e. The molecule has 1 saturated heterocycles. The molecule has 4 heteroatoms. The summed E-state index contributed by atoms with van der Waals surface area (Å²) in [7, 11) is 0. The average molecular weight is 236 g/mol.